The standard InChI is InChI=1S/C16H22N4O/c1-13(11-14-12-21-10-8-17-14)19-15-5-2-3-6-16(15)20-9-4-7-18-20/h2-7,9,13-14,17,19H,8,10-12H2,1H3. The van der Waals surface area contributed by atoms with Crippen molar-refractivity contribution >= 4 is 5.69 Å². The van der Waals surface area contributed by atoms with Gasteiger partial charge in [0.25, 0.3) is 0 Å². The fraction of sp³-hybridized carbons (Fsp3) is 0.438. The van der Waals surface area contributed by atoms with Crippen LogP contribution >= 0.6 is 0 Å². The van der Waals surface area contributed by atoms with E-state index in [0.717, 1.165) is 37.6 Å². The molecule has 1 saturated heterocycles. The molecule has 2 N–H and O–H groups in total. The quantitative estimate of drug-likeness (QED) is 0.883. The first-order valence-corrected chi connectivity index (χ1v) is 7.49. The van der Waals surface area contributed by atoms with Crippen molar-refractivity contribution in [3.8, 4) is 5.69 Å². The highest BCUT2D eigenvalue weighted by molar-refractivity contribution is 5.60. The Kier molecular flexibility index (Phi) is 4.52. The number of para-hydroxylation sites is 2. The third-order valence-corrected chi connectivity index (χ3v) is 3.69. The minimum atomic E-state index is 0.362. The molecule has 5 nitrogen and oxygen atoms in total. The van der Waals surface area contributed by atoms with Crippen LogP contribution in [0.1, 0.15) is 13.3 Å². The van der Waals surface area contributed by atoms with Crippen molar-refractivity contribution in [2.45, 2.75) is 25.4 Å². The number of morpholine rings is 1. The summed E-state index contributed by atoms with van der Waals surface area (Å²) < 4.78 is 7.40. The molecule has 1 aliphatic heterocycles. The average molecular weight is 286 g/mol. The molecule has 0 amide bonds. The smallest absolute Gasteiger partial charge is 0.0876 e. The van der Waals surface area contributed by atoms with Gasteiger partial charge in [-0.05, 0) is 31.5 Å². The van der Waals surface area contributed by atoms with E-state index < -0.39 is 0 Å². The van der Waals surface area contributed by atoms with Crippen LogP contribution < -0.4 is 10.6 Å². The number of rotatable bonds is 5. The molecule has 0 spiro atoms. The number of hydrogen-bond acceptors (Lipinski definition) is 4. The molecule has 112 valence electrons. The first kappa shape index (κ1) is 14.1. The van der Waals surface area contributed by atoms with Crippen LogP contribution in [0.5, 0.6) is 0 Å². The third-order valence-electron chi connectivity index (χ3n) is 3.69. The zero-order valence-corrected chi connectivity index (χ0v) is 12.3. The molecular formula is C16H22N4O. The summed E-state index contributed by atoms with van der Waals surface area (Å²) in [7, 11) is 0. The van der Waals surface area contributed by atoms with E-state index in [4.69, 9.17) is 4.74 Å². The van der Waals surface area contributed by atoms with Crippen LogP contribution in [0, 0.1) is 0 Å². The molecule has 21 heavy (non-hydrogen) atoms. The summed E-state index contributed by atoms with van der Waals surface area (Å²) in [6, 6.07) is 11.0. The van der Waals surface area contributed by atoms with Crippen LogP contribution in [-0.4, -0.2) is 41.6 Å². The Labute approximate surface area is 125 Å². The van der Waals surface area contributed by atoms with Gasteiger partial charge in [0.2, 0.25) is 0 Å². The van der Waals surface area contributed by atoms with E-state index in [9.17, 15) is 0 Å². The van der Waals surface area contributed by atoms with E-state index in [0.29, 0.717) is 12.1 Å². The molecule has 2 aromatic rings. The van der Waals surface area contributed by atoms with E-state index in [1.54, 1.807) is 6.20 Å². The van der Waals surface area contributed by atoms with Gasteiger partial charge in [0.1, 0.15) is 0 Å². The van der Waals surface area contributed by atoms with Crippen molar-refractivity contribution in [1.29, 1.82) is 0 Å². The highest BCUT2D eigenvalue weighted by Gasteiger charge is 2.17. The van der Waals surface area contributed by atoms with Crippen molar-refractivity contribution in [2.75, 3.05) is 25.1 Å². The lowest BCUT2D eigenvalue weighted by Crippen LogP contribution is -2.43. The van der Waals surface area contributed by atoms with Gasteiger partial charge >= 0.3 is 0 Å². The van der Waals surface area contributed by atoms with Crippen molar-refractivity contribution < 1.29 is 4.74 Å². The lowest BCUT2D eigenvalue weighted by molar-refractivity contribution is 0.0731. The Morgan fingerprint density at radius 1 is 1.43 bits per heavy atom. The Balaban J connectivity index is 1.67. The molecule has 1 aliphatic rings. The normalized spacial score (nSPS) is 20.1. The Morgan fingerprint density at radius 2 is 2.33 bits per heavy atom. The molecule has 0 radical (unpaired) electrons. The van der Waals surface area contributed by atoms with Gasteiger partial charge in [-0.1, -0.05) is 12.1 Å². The van der Waals surface area contributed by atoms with Gasteiger partial charge in [-0.2, -0.15) is 5.10 Å². The van der Waals surface area contributed by atoms with Gasteiger partial charge in [-0.3, -0.25) is 0 Å². The largest absolute Gasteiger partial charge is 0.381 e. The zero-order valence-electron chi connectivity index (χ0n) is 12.3. The predicted octanol–water partition coefficient (Wildman–Crippen LogP) is 2.05. The number of benzene rings is 1. The van der Waals surface area contributed by atoms with Crippen molar-refractivity contribution in [3.63, 3.8) is 0 Å². The van der Waals surface area contributed by atoms with Crippen LogP contribution in [0.25, 0.3) is 5.69 Å². The summed E-state index contributed by atoms with van der Waals surface area (Å²) in [5.74, 6) is 0. The summed E-state index contributed by atoms with van der Waals surface area (Å²) >= 11 is 0. The maximum atomic E-state index is 5.51. The summed E-state index contributed by atoms with van der Waals surface area (Å²) in [6.07, 6.45) is 4.79. The summed E-state index contributed by atoms with van der Waals surface area (Å²) in [6.45, 7) is 4.77. The van der Waals surface area contributed by atoms with Crippen molar-refractivity contribution in [3.05, 3.63) is 42.7 Å². The highest BCUT2D eigenvalue weighted by atomic mass is 16.5. The molecule has 0 aliphatic carbocycles. The van der Waals surface area contributed by atoms with Crippen LogP contribution in [0.3, 0.4) is 0 Å². The summed E-state index contributed by atoms with van der Waals surface area (Å²) in [5, 5.41) is 11.4. The second kappa shape index (κ2) is 6.74. The van der Waals surface area contributed by atoms with E-state index in [-0.39, 0.29) is 0 Å². The van der Waals surface area contributed by atoms with Crippen LogP contribution in [-0.2, 0) is 4.74 Å². The minimum absolute atomic E-state index is 0.362. The Bertz CT molecular complexity index is 549. The number of aromatic nitrogens is 2. The lowest BCUT2D eigenvalue weighted by atomic mass is 10.1. The van der Waals surface area contributed by atoms with Crippen molar-refractivity contribution in [2.24, 2.45) is 0 Å². The van der Waals surface area contributed by atoms with Crippen LogP contribution in [0.15, 0.2) is 42.7 Å². The van der Waals surface area contributed by atoms with E-state index >= 15 is 0 Å². The minimum Gasteiger partial charge on any atom is -0.381 e. The van der Waals surface area contributed by atoms with Gasteiger partial charge in [0, 0.05) is 31.0 Å². The first-order valence-electron chi connectivity index (χ1n) is 7.49. The van der Waals surface area contributed by atoms with Gasteiger partial charge < -0.3 is 15.4 Å². The van der Waals surface area contributed by atoms with E-state index in [1.165, 1.54) is 0 Å². The van der Waals surface area contributed by atoms with Gasteiger partial charge in [0.05, 0.1) is 24.6 Å². The van der Waals surface area contributed by atoms with Gasteiger partial charge in [0.15, 0.2) is 0 Å². The molecule has 0 saturated carbocycles. The molecule has 0 bridgehead atoms. The molecule has 5 heteroatoms. The third kappa shape index (κ3) is 3.62. The number of hydrogen-bond donors (Lipinski definition) is 2. The molecule has 1 aromatic heterocycles. The van der Waals surface area contributed by atoms with Gasteiger partial charge in [-0.25, -0.2) is 4.68 Å². The second-order valence-corrected chi connectivity index (χ2v) is 5.47. The number of ether oxygens (including phenoxy) is 1. The maximum absolute atomic E-state index is 5.51. The Morgan fingerprint density at radius 3 is 3.10 bits per heavy atom. The Hall–Kier alpha value is -1.85. The monoisotopic (exact) mass is 286 g/mol. The molecule has 1 aromatic carbocycles. The average Bonchev–Trinajstić information content (AvgIpc) is 3.03. The fourth-order valence-electron chi connectivity index (χ4n) is 2.73. The SMILES string of the molecule is CC(CC1COCCN1)Nc1ccccc1-n1cccn1. The van der Waals surface area contributed by atoms with Gasteiger partial charge in [-0.15, -0.1) is 0 Å². The van der Waals surface area contributed by atoms with Crippen molar-refractivity contribution in [1.82, 2.24) is 15.1 Å². The van der Waals surface area contributed by atoms with E-state index in [2.05, 4.69) is 34.8 Å². The summed E-state index contributed by atoms with van der Waals surface area (Å²) in [4.78, 5) is 0. The zero-order chi connectivity index (χ0) is 14.5. The first-order chi connectivity index (χ1) is 10.3. The fourth-order valence-corrected chi connectivity index (χ4v) is 2.73. The topological polar surface area (TPSA) is 51.1 Å². The van der Waals surface area contributed by atoms with E-state index in [1.807, 2.05) is 29.1 Å². The predicted molar refractivity (Wildman–Crippen MR) is 83.9 cm³/mol. The number of nitrogens with one attached hydrogen (secondary N) is 2. The maximum Gasteiger partial charge on any atom is 0.0876 e. The molecule has 3 rings (SSSR count). The molecule has 2 unspecified atom stereocenters. The second-order valence-electron chi connectivity index (χ2n) is 5.47. The lowest BCUT2D eigenvalue weighted by Gasteiger charge is -2.27. The molecule has 2 heterocycles. The van der Waals surface area contributed by atoms with Crippen LogP contribution in [0.2, 0.25) is 0 Å². The molecule has 1 fully saturated rings. The van der Waals surface area contributed by atoms with Crippen LogP contribution in [0.4, 0.5) is 5.69 Å². The number of anilines is 1. The molecular weight excluding hydrogens is 264 g/mol. The summed E-state index contributed by atoms with van der Waals surface area (Å²) in [5.41, 5.74) is 2.17. The number of nitrogens with zero attached hydrogens (tertiary/aromatic N) is 2. The highest BCUT2D eigenvalue weighted by Crippen LogP contribution is 2.20. The molecule has 2 atom stereocenters.